The van der Waals surface area contributed by atoms with Crippen LogP contribution in [0.1, 0.15) is 0 Å². The molecular weight excluding hydrogens is 233 g/mol. The van der Waals surface area contributed by atoms with E-state index in [1.54, 1.807) is 0 Å². The smallest absolute Gasteiger partial charge is 0.285 e. The summed E-state index contributed by atoms with van der Waals surface area (Å²) in [4.78, 5) is 3.07. The quantitative estimate of drug-likeness (QED) is 0.226. The van der Waals surface area contributed by atoms with Gasteiger partial charge >= 0.3 is 3.93 Å². The molecule has 0 saturated carbocycles. The summed E-state index contributed by atoms with van der Waals surface area (Å²) in [5.74, 6) is 1.30. The van der Waals surface area contributed by atoms with Crippen LogP contribution in [0.15, 0.2) is 0 Å². The minimum Gasteiger partial charge on any atom is -0.285 e. The van der Waals surface area contributed by atoms with Gasteiger partial charge in [0.1, 0.15) is 0 Å². The van der Waals surface area contributed by atoms with Gasteiger partial charge in [-0.2, -0.15) is 14.0 Å². The third kappa shape index (κ3) is 5.91. The Hall–Kier alpha value is -0.0900. The fourth-order valence-corrected chi connectivity index (χ4v) is 0.191. The number of hydrogen-bond donors (Lipinski definition) is 1. The molecule has 2 nitrogen and oxygen atoms in total. The molecule has 0 aliphatic carbocycles. The Morgan fingerprint density at radius 1 is 1.62 bits per heavy atom. The van der Waals surface area contributed by atoms with Crippen molar-refractivity contribution in [3.63, 3.8) is 0 Å². The van der Waals surface area contributed by atoms with Crippen LogP contribution < -0.4 is 0 Å². The Morgan fingerprint density at radius 2 is 2.12 bits per heavy atom. The molecular formula is C3HF2IO2. The van der Waals surface area contributed by atoms with E-state index in [-0.39, 0.29) is 0 Å². The van der Waals surface area contributed by atoms with Crippen LogP contribution in [-0.4, -0.2) is 9.19 Å². The predicted molar refractivity (Wildman–Crippen MR) is 30.5 cm³/mol. The first kappa shape index (κ1) is 7.91. The topological polar surface area (TPSA) is 29.5 Å². The zero-order valence-corrected chi connectivity index (χ0v) is 5.65. The fourth-order valence-electron chi connectivity index (χ4n) is 0.0807. The van der Waals surface area contributed by atoms with E-state index in [2.05, 4.69) is 4.89 Å². The highest BCUT2D eigenvalue weighted by atomic mass is 127. The molecule has 0 radical (unpaired) electrons. The van der Waals surface area contributed by atoms with Crippen LogP contribution in [0.3, 0.4) is 0 Å². The first-order chi connectivity index (χ1) is 3.56. The monoisotopic (exact) mass is 234 g/mol. The van der Waals surface area contributed by atoms with Crippen LogP contribution in [0.4, 0.5) is 8.78 Å². The van der Waals surface area contributed by atoms with Gasteiger partial charge in [-0.25, -0.2) is 0 Å². The summed E-state index contributed by atoms with van der Waals surface area (Å²) in [5.41, 5.74) is 0. The third-order valence-electron chi connectivity index (χ3n) is 0.238. The van der Waals surface area contributed by atoms with E-state index in [0.717, 1.165) is 22.6 Å². The summed E-state index contributed by atoms with van der Waals surface area (Å²) in [6.07, 6.45) is 1.34. The van der Waals surface area contributed by atoms with Crippen LogP contribution in [0.5, 0.6) is 0 Å². The van der Waals surface area contributed by atoms with E-state index in [1.165, 1.54) is 12.0 Å². The second-order valence-electron chi connectivity index (χ2n) is 0.816. The van der Waals surface area contributed by atoms with Gasteiger partial charge in [0.2, 0.25) is 0 Å². The van der Waals surface area contributed by atoms with Crippen molar-refractivity contribution in [3.8, 4) is 12.0 Å². The van der Waals surface area contributed by atoms with Gasteiger partial charge < -0.3 is 0 Å². The molecule has 0 fully saturated rings. The molecule has 0 aliphatic rings. The normalized spacial score (nSPS) is 9.50. The molecule has 0 heterocycles. The summed E-state index contributed by atoms with van der Waals surface area (Å²) in [6.45, 7) is 0. The van der Waals surface area contributed by atoms with Crippen molar-refractivity contribution in [2.75, 3.05) is 0 Å². The van der Waals surface area contributed by atoms with Gasteiger partial charge in [0.25, 0.3) is 0 Å². The standard InChI is InChI=1S/C3HF2IO2/c4-3(5,6)1-2-8-7/h7H. The number of rotatable bonds is 0. The van der Waals surface area contributed by atoms with Crippen molar-refractivity contribution in [3.05, 3.63) is 0 Å². The van der Waals surface area contributed by atoms with Crippen LogP contribution in [-0.2, 0) is 4.89 Å². The average molecular weight is 234 g/mol. The lowest BCUT2D eigenvalue weighted by atomic mass is 10.7. The lowest BCUT2D eigenvalue weighted by Gasteiger charge is -1.91. The average Bonchev–Trinajstić information content (AvgIpc) is 1.59. The first-order valence-corrected chi connectivity index (χ1v) is 2.53. The predicted octanol–water partition coefficient (Wildman–Crippen LogP) is 1.46. The Morgan fingerprint density at radius 3 is 2.25 bits per heavy atom. The molecule has 0 rings (SSSR count). The molecule has 0 aliphatic heterocycles. The Kier molecular flexibility index (Phi) is 3.01. The Labute approximate surface area is 57.9 Å². The maximum absolute atomic E-state index is 11.5. The van der Waals surface area contributed by atoms with Crippen molar-refractivity contribution in [2.24, 2.45) is 0 Å². The highest BCUT2D eigenvalue weighted by molar-refractivity contribution is 14.1. The zero-order chi connectivity index (χ0) is 6.62. The number of hydrogen-bond acceptors (Lipinski definition) is 2. The molecule has 5 heteroatoms. The summed E-state index contributed by atoms with van der Waals surface area (Å²) < 4.78 is 19.9. The lowest BCUT2D eigenvalue weighted by molar-refractivity contribution is -0.172. The molecule has 8 heavy (non-hydrogen) atoms. The molecule has 0 bridgehead atoms. The van der Waals surface area contributed by atoms with Crippen LogP contribution in [0.25, 0.3) is 0 Å². The van der Waals surface area contributed by atoms with E-state index in [4.69, 9.17) is 5.26 Å². The maximum atomic E-state index is 11.5. The summed E-state index contributed by atoms with van der Waals surface area (Å²) in [6, 6.07) is 0. The lowest BCUT2D eigenvalue weighted by Crippen LogP contribution is -1.97. The van der Waals surface area contributed by atoms with Gasteiger partial charge in [-0.15, -0.1) is 0 Å². The van der Waals surface area contributed by atoms with Crippen LogP contribution in [0.2, 0.25) is 0 Å². The van der Waals surface area contributed by atoms with E-state index >= 15 is 0 Å². The van der Waals surface area contributed by atoms with E-state index in [0.29, 0.717) is 0 Å². The molecule has 0 saturated heterocycles. The van der Waals surface area contributed by atoms with Crippen LogP contribution in [0, 0.1) is 12.0 Å². The Bertz CT molecular complexity index is 119. The molecule has 0 atom stereocenters. The highest BCUT2D eigenvalue weighted by Crippen LogP contribution is 2.19. The minimum absolute atomic E-state index is 0.802. The van der Waals surface area contributed by atoms with Gasteiger partial charge in [0, 0.05) is 28.5 Å². The third-order valence-corrected chi connectivity index (χ3v) is 0.508. The van der Waals surface area contributed by atoms with Gasteiger partial charge in [0.05, 0.1) is 0 Å². The summed E-state index contributed by atoms with van der Waals surface area (Å²) in [5, 5.41) is 7.42. The highest BCUT2D eigenvalue weighted by Gasteiger charge is 2.19. The summed E-state index contributed by atoms with van der Waals surface area (Å²) >= 11 is 0.802. The molecule has 0 aromatic carbocycles. The molecule has 0 unspecified atom stereocenters. The summed E-state index contributed by atoms with van der Waals surface area (Å²) in [7, 11) is 0. The fraction of sp³-hybridized carbons (Fsp3) is 0.333. The van der Waals surface area contributed by atoms with Crippen molar-refractivity contribution >= 4 is 22.6 Å². The number of halogens is 3. The van der Waals surface area contributed by atoms with Crippen molar-refractivity contribution in [1.82, 2.24) is 0 Å². The molecule has 0 amide bonds. The second kappa shape index (κ2) is 3.04. The van der Waals surface area contributed by atoms with Gasteiger partial charge in [-0.05, 0) is 0 Å². The van der Waals surface area contributed by atoms with Crippen molar-refractivity contribution in [1.29, 1.82) is 0 Å². The maximum Gasteiger partial charge on any atom is 0.361 e. The Balaban J connectivity index is 3.69. The van der Waals surface area contributed by atoms with Crippen LogP contribution >= 0.6 is 22.6 Å². The molecule has 1 N–H and O–H groups in total. The molecule has 0 aromatic heterocycles. The largest absolute Gasteiger partial charge is 0.361 e. The molecule has 0 aromatic rings. The SMILES string of the molecule is OOC#CC(F)(F)I. The minimum atomic E-state index is -3.12. The van der Waals surface area contributed by atoms with Gasteiger partial charge in [-0.3, -0.25) is 4.89 Å². The van der Waals surface area contributed by atoms with E-state index in [9.17, 15) is 8.78 Å². The van der Waals surface area contributed by atoms with Crippen molar-refractivity contribution < 1.29 is 18.9 Å². The molecule has 46 valence electrons. The number of alkyl halides is 3. The van der Waals surface area contributed by atoms with E-state index < -0.39 is 3.93 Å². The van der Waals surface area contributed by atoms with Crippen molar-refractivity contribution in [2.45, 2.75) is 3.93 Å². The van der Waals surface area contributed by atoms with Gasteiger partial charge in [0.15, 0.2) is 6.11 Å². The molecule has 0 spiro atoms. The van der Waals surface area contributed by atoms with E-state index in [1.807, 2.05) is 0 Å². The first-order valence-electron chi connectivity index (χ1n) is 1.45. The second-order valence-corrected chi connectivity index (χ2v) is 2.17. The zero-order valence-electron chi connectivity index (χ0n) is 3.49. The van der Waals surface area contributed by atoms with Gasteiger partial charge in [-0.1, -0.05) is 0 Å².